The fourth-order valence-corrected chi connectivity index (χ4v) is 9.24. The maximum atomic E-state index is 12.9. The van der Waals surface area contributed by atoms with Gasteiger partial charge in [0, 0.05) is 19.3 Å². The van der Waals surface area contributed by atoms with Gasteiger partial charge in [-0.05, 0) is 116 Å². The Morgan fingerprint density at radius 2 is 0.480 bits per heavy atom. The summed E-state index contributed by atoms with van der Waals surface area (Å²) < 4.78 is 16.9. The summed E-state index contributed by atoms with van der Waals surface area (Å²) in [5, 5.41) is 0. The molecule has 0 spiro atoms. The van der Waals surface area contributed by atoms with E-state index in [-0.39, 0.29) is 31.1 Å². The van der Waals surface area contributed by atoms with E-state index in [4.69, 9.17) is 14.2 Å². The average Bonchev–Trinajstić information content (AvgIpc) is 3.41. The maximum Gasteiger partial charge on any atom is 0.306 e. The fraction of sp³-hybridized carbons (Fsp3) is 0.783. The van der Waals surface area contributed by atoms with Crippen LogP contribution in [0.3, 0.4) is 0 Å². The van der Waals surface area contributed by atoms with Crippen molar-refractivity contribution in [3.05, 3.63) is 72.9 Å². The number of allylic oxidation sites excluding steroid dienone is 12. The molecule has 0 radical (unpaired) electrons. The zero-order valence-corrected chi connectivity index (χ0v) is 49.8. The Kier molecular flexibility index (Phi) is 60.7. The molecule has 0 amide bonds. The van der Waals surface area contributed by atoms with E-state index >= 15 is 0 Å². The second-order valence-electron chi connectivity index (χ2n) is 21.7. The minimum absolute atomic E-state index is 0.0847. The highest BCUT2D eigenvalue weighted by molar-refractivity contribution is 5.71. The van der Waals surface area contributed by atoms with Crippen LogP contribution in [0.1, 0.15) is 329 Å². The molecule has 434 valence electrons. The van der Waals surface area contributed by atoms with E-state index in [0.717, 1.165) is 89.9 Å². The molecule has 0 heterocycles. The lowest BCUT2D eigenvalue weighted by atomic mass is 10.0. The minimum Gasteiger partial charge on any atom is -0.462 e. The monoisotopic (exact) mass is 1050 g/mol. The molecule has 0 aliphatic heterocycles. The number of unbranched alkanes of at least 4 members (excludes halogenated alkanes) is 36. The number of esters is 3. The number of hydrogen-bond acceptors (Lipinski definition) is 6. The zero-order chi connectivity index (χ0) is 54.3. The number of rotatable bonds is 59. The fourth-order valence-electron chi connectivity index (χ4n) is 9.24. The smallest absolute Gasteiger partial charge is 0.306 e. The summed E-state index contributed by atoms with van der Waals surface area (Å²) in [6.07, 6.45) is 81.8. The first-order valence-electron chi connectivity index (χ1n) is 32.4. The average molecular weight is 1050 g/mol. The highest BCUT2D eigenvalue weighted by Crippen LogP contribution is 2.16. The van der Waals surface area contributed by atoms with Crippen molar-refractivity contribution in [2.75, 3.05) is 13.2 Å². The molecule has 0 rings (SSSR count). The highest BCUT2D eigenvalue weighted by Gasteiger charge is 2.19. The molecule has 0 saturated carbocycles. The van der Waals surface area contributed by atoms with E-state index in [1.165, 1.54) is 199 Å². The van der Waals surface area contributed by atoms with Crippen molar-refractivity contribution in [1.82, 2.24) is 0 Å². The quantitative estimate of drug-likeness (QED) is 0.0261. The predicted molar refractivity (Wildman–Crippen MR) is 325 cm³/mol. The van der Waals surface area contributed by atoms with Crippen molar-refractivity contribution >= 4 is 17.9 Å². The van der Waals surface area contributed by atoms with Crippen LogP contribution < -0.4 is 0 Å². The van der Waals surface area contributed by atoms with Crippen LogP contribution in [0.2, 0.25) is 0 Å². The first-order valence-corrected chi connectivity index (χ1v) is 32.4. The number of carbonyl (C=O) groups excluding carboxylic acids is 3. The molecule has 0 aliphatic rings. The molecule has 0 aliphatic carbocycles. The van der Waals surface area contributed by atoms with Crippen molar-refractivity contribution in [1.29, 1.82) is 0 Å². The molecule has 0 N–H and O–H groups in total. The molecule has 0 aromatic heterocycles. The van der Waals surface area contributed by atoms with Gasteiger partial charge in [-0.15, -0.1) is 0 Å². The van der Waals surface area contributed by atoms with Crippen molar-refractivity contribution in [3.63, 3.8) is 0 Å². The van der Waals surface area contributed by atoms with Crippen LogP contribution in [-0.4, -0.2) is 37.2 Å². The van der Waals surface area contributed by atoms with Crippen LogP contribution in [0.25, 0.3) is 0 Å². The van der Waals surface area contributed by atoms with Crippen molar-refractivity contribution in [3.8, 4) is 0 Å². The molecule has 0 saturated heterocycles. The molecular formula is C69H122O6. The summed E-state index contributed by atoms with van der Waals surface area (Å²) in [6.45, 7) is 6.60. The summed E-state index contributed by atoms with van der Waals surface area (Å²) in [7, 11) is 0. The van der Waals surface area contributed by atoms with Gasteiger partial charge in [-0.25, -0.2) is 0 Å². The Balaban J connectivity index is 4.38. The third-order valence-corrected chi connectivity index (χ3v) is 14.2. The second-order valence-corrected chi connectivity index (χ2v) is 21.7. The molecule has 0 aromatic carbocycles. The normalized spacial score (nSPS) is 12.5. The van der Waals surface area contributed by atoms with Crippen LogP contribution in [0, 0.1) is 0 Å². The standard InChI is InChI=1S/C69H122O6/c1-4-7-10-13-16-19-22-25-28-31-33-34-36-39-41-44-47-50-53-56-59-62-68(71)74-65-66(75-69(72)63-60-57-54-51-48-45-42-37-30-27-24-21-18-15-12-9-6-3)64-73-67(70)61-58-55-52-49-46-43-40-38-35-32-29-26-23-20-17-14-11-8-5-2/h17-18,20-21,25-30,42,45,66H,4-16,19,22-24,31-41,43-44,46-65H2,1-3H3/b20-17-,21-18-,28-25-,29-26-,30-27-,45-42-/t66-/m1/s1. The lowest BCUT2D eigenvalue weighted by Crippen LogP contribution is -2.30. The van der Waals surface area contributed by atoms with Crippen LogP contribution in [0.4, 0.5) is 0 Å². The summed E-state index contributed by atoms with van der Waals surface area (Å²) in [4.78, 5) is 38.4. The number of hydrogen-bond donors (Lipinski definition) is 0. The summed E-state index contributed by atoms with van der Waals surface area (Å²) in [5.74, 6) is -0.896. The van der Waals surface area contributed by atoms with Crippen LogP contribution in [0.5, 0.6) is 0 Å². The zero-order valence-electron chi connectivity index (χ0n) is 49.8. The van der Waals surface area contributed by atoms with Gasteiger partial charge in [0.1, 0.15) is 13.2 Å². The minimum atomic E-state index is -0.791. The Hall–Kier alpha value is -3.15. The topological polar surface area (TPSA) is 78.9 Å². The Morgan fingerprint density at radius 1 is 0.267 bits per heavy atom. The molecule has 75 heavy (non-hydrogen) atoms. The molecular weight excluding hydrogens is 925 g/mol. The van der Waals surface area contributed by atoms with E-state index in [1.54, 1.807) is 0 Å². The first kappa shape index (κ1) is 71.8. The van der Waals surface area contributed by atoms with E-state index in [0.29, 0.717) is 19.3 Å². The third kappa shape index (κ3) is 61.6. The van der Waals surface area contributed by atoms with Gasteiger partial charge in [0.15, 0.2) is 6.10 Å². The van der Waals surface area contributed by atoms with Crippen molar-refractivity contribution < 1.29 is 28.6 Å². The molecule has 0 bridgehead atoms. The van der Waals surface area contributed by atoms with E-state index in [9.17, 15) is 14.4 Å². The van der Waals surface area contributed by atoms with Crippen LogP contribution in [-0.2, 0) is 28.6 Å². The Bertz CT molecular complexity index is 1390. The SMILES string of the molecule is CCCCC/C=C\C/C=C\C/C=C\CCCCCCC(=O)O[C@H](COC(=O)CCCCCCCCCCC/C=C\C/C=C\CCCCC)COC(=O)CCCCCCCCCCCCC/C=C\CCCCCCCC. The van der Waals surface area contributed by atoms with Crippen molar-refractivity contribution in [2.24, 2.45) is 0 Å². The second kappa shape index (κ2) is 63.4. The third-order valence-electron chi connectivity index (χ3n) is 14.2. The van der Waals surface area contributed by atoms with E-state index < -0.39 is 6.10 Å². The number of carbonyl (C=O) groups is 3. The van der Waals surface area contributed by atoms with Gasteiger partial charge in [0.2, 0.25) is 0 Å². The molecule has 0 aromatic rings. The summed E-state index contributed by atoms with van der Waals surface area (Å²) in [5.41, 5.74) is 0. The lowest BCUT2D eigenvalue weighted by Gasteiger charge is -2.18. The maximum absolute atomic E-state index is 12.9. The van der Waals surface area contributed by atoms with Crippen LogP contribution in [0.15, 0.2) is 72.9 Å². The van der Waals surface area contributed by atoms with Gasteiger partial charge in [0.25, 0.3) is 0 Å². The van der Waals surface area contributed by atoms with Gasteiger partial charge < -0.3 is 14.2 Å². The summed E-state index contributed by atoms with van der Waals surface area (Å²) in [6, 6.07) is 0. The van der Waals surface area contributed by atoms with E-state index in [1.807, 2.05) is 0 Å². The Labute approximate surface area is 465 Å². The molecule has 0 fully saturated rings. The van der Waals surface area contributed by atoms with Gasteiger partial charge >= 0.3 is 17.9 Å². The molecule has 0 unspecified atom stereocenters. The summed E-state index contributed by atoms with van der Waals surface area (Å²) >= 11 is 0. The predicted octanol–water partition coefficient (Wildman–Crippen LogP) is 22.1. The number of ether oxygens (including phenoxy) is 3. The van der Waals surface area contributed by atoms with Gasteiger partial charge in [-0.1, -0.05) is 267 Å². The molecule has 1 atom stereocenters. The van der Waals surface area contributed by atoms with E-state index in [2.05, 4.69) is 93.7 Å². The van der Waals surface area contributed by atoms with Gasteiger partial charge in [-0.2, -0.15) is 0 Å². The van der Waals surface area contributed by atoms with Crippen molar-refractivity contribution in [2.45, 2.75) is 335 Å². The van der Waals surface area contributed by atoms with Crippen LogP contribution >= 0.6 is 0 Å². The first-order chi connectivity index (χ1) is 37.0. The van der Waals surface area contributed by atoms with Gasteiger partial charge in [0.05, 0.1) is 0 Å². The Morgan fingerprint density at radius 3 is 0.787 bits per heavy atom. The lowest BCUT2D eigenvalue weighted by molar-refractivity contribution is -0.167. The largest absolute Gasteiger partial charge is 0.462 e. The van der Waals surface area contributed by atoms with Gasteiger partial charge in [-0.3, -0.25) is 14.4 Å². The highest BCUT2D eigenvalue weighted by atomic mass is 16.6. The molecule has 6 heteroatoms. The molecule has 6 nitrogen and oxygen atoms in total.